The molecule has 4 heterocycles. The number of nitrogens with zero attached hydrogens (tertiary/aromatic N) is 4. The molecule has 4 nitrogen and oxygen atoms in total. The van der Waals surface area contributed by atoms with Crippen molar-refractivity contribution in [3.8, 4) is 22.3 Å². The zero-order valence-corrected chi connectivity index (χ0v) is 19.8. The van der Waals surface area contributed by atoms with Crippen LogP contribution in [0.15, 0.2) is 122 Å². The lowest BCUT2D eigenvalue weighted by atomic mass is 10.1. The molecule has 0 amide bonds. The molecule has 0 atom stereocenters. The Morgan fingerprint density at radius 2 is 0.765 bits per heavy atom. The number of aromatic nitrogens is 4. The second-order valence-corrected chi connectivity index (χ2v) is 8.84. The van der Waals surface area contributed by atoms with Gasteiger partial charge in [-0.05, 0) is 28.3 Å². The Balaban J connectivity index is 1.25. The van der Waals surface area contributed by atoms with Gasteiger partial charge in [0, 0.05) is 59.7 Å². The van der Waals surface area contributed by atoms with E-state index in [1.807, 2.05) is 14.1 Å². The van der Waals surface area contributed by atoms with Crippen molar-refractivity contribution in [1.29, 1.82) is 0 Å². The summed E-state index contributed by atoms with van der Waals surface area (Å²) in [6.07, 6.45) is 16.9. The predicted molar refractivity (Wildman–Crippen MR) is 131 cm³/mol. The van der Waals surface area contributed by atoms with Crippen molar-refractivity contribution in [2.24, 2.45) is 14.1 Å². The lowest BCUT2D eigenvalue weighted by molar-refractivity contribution is -0.689. The summed E-state index contributed by atoms with van der Waals surface area (Å²) in [7, 11) is 4.07. The van der Waals surface area contributed by atoms with Crippen molar-refractivity contribution >= 4 is 0 Å². The van der Waals surface area contributed by atoms with Crippen LogP contribution < -0.4 is 18.3 Å². The predicted octanol–water partition coefficient (Wildman–Crippen LogP) is 3.34. The summed E-state index contributed by atoms with van der Waals surface area (Å²) >= 11 is 0. The minimum atomic E-state index is 0.854. The summed E-state index contributed by atoms with van der Waals surface area (Å²) in [5.41, 5.74) is 7.53. The normalized spacial score (nSPS) is 10.9. The minimum Gasteiger partial charge on any atom is -0.208 e. The molecule has 0 aliphatic heterocycles. The first kappa shape index (κ1) is 21.7. The largest absolute Gasteiger partial charge is 0.208 e. The first-order valence-electron chi connectivity index (χ1n) is 11.6. The average molecular weight is 447 g/mol. The first-order valence-corrected chi connectivity index (χ1v) is 11.6. The smallest absolute Gasteiger partial charge is 0.173 e. The Labute approximate surface area is 201 Å². The Morgan fingerprint density at radius 3 is 1.12 bits per heavy atom. The van der Waals surface area contributed by atoms with Gasteiger partial charge in [0.05, 0.1) is 0 Å². The van der Waals surface area contributed by atoms with Gasteiger partial charge in [-0.25, -0.2) is 18.3 Å². The number of rotatable bonds is 6. The van der Waals surface area contributed by atoms with Gasteiger partial charge in [-0.15, -0.1) is 0 Å². The molecule has 0 aliphatic carbocycles. The van der Waals surface area contributed by atoms with Gasteiger partial charge in [0.2, 0.25) is 0 Å². The number of hydrogen-bond donors (Lipinski definition) is 0. The molecule has 0 unspecified atom stereocenters. The zero-order chi connectivity index (χ0) is 23.3. The molecule has 0 saturated heterocycles. The fourth-order valence-electron chi connectivity index (χ4n) is 4.15. The van der Waals surface area contributed by atoms with Crippen molar-refractivity contribution in [1.82, 2.24) is 0 Å². The number of hydrogen-bond acceptors (Lipinski definition) is 0. The molecule has 0 bridgehead atoms. The van der Waals surface area contributed by atoms with Crippen LogP contribution >= 0.6 is 0 Å². The molecule has 0 saturated carbocycles. The van der Waals surface area contributed by atoms with Crippen molar-refractivity contribution in [2.75, 3.05) is 0 Å². The molecule has 0 spiro atoms. The topological polar surface area (TPSA) is 15.5 Å². The van der Waals surface area contributed by atoms with Crippen LogP contribution in [0, 0.1) is 0 Å². The highest BCUT2D eigenvalue weighted by atomic mass is 14.9. The van der Waals surface area contributed by atoms with Crippen LogP contribution in [0.1, 0.15) is 11.1 Å². The Morgan fingerprint density at radius 1 is 0.441 bits per heavy atom. The van der Waals surface area contributed by atoms with Crippen molar-refractivity contribution in [3.63, 3.8) is 0 Å². The molecule has 1 aromatic carbocycles. The van der Waals surface area contributed by atoms with Gasteiger partial charge in [-0.3, -0.25) is 0 Å². The van der Waals surface area contributed by atoms with E-state index in [-0.39, 0.29) is 0 Å². The Kier molecular flexibility index (Phi) is 6.21. The van der Waals surface area contributed by atoms with Gasteiger partial charge >= 0.3 is 0 Å². The number of pyridine rings is 4. The molecule has 0 radical (unpaired) electrons. The van der Waals surface area contributed by atoms with Crippen LogP contribution in [0.25, 0.3) is 22.3 Å². The van der Waals surface area contributed by atoms with Crippen molar-refractivity contribution < 1.29 is 18.3 Å². The van der Waals surface area contributed by atoms with E-state index in [2.05, 4.69) is 141 Å². The van der Waals surface area contributed by atoms with Crippen LogP contribution in [0.3, 0.4) is 0 Å². The highest BCUT2D eigenvalue weighted by Gasteiger charge is 2.09. The van der Waals surface area contributed by atoms with E-state index in [0.717, 1.165) is 13.1 Å². The molecule has 0 N–H and O–H groups in total. The van der Waals surface area contributed by atoms with E-state index in [4.69, 9.17) is 0 Å². The maximum Gasteiger partial charge on any atom is 0.173 e. The van der Waals surface area contributed by atoms with Crippen LogP contribution in [0.2, 0.25) is 0 Å². The molecule has 166 valence electrons. The number of aryl methyl sites for hydroxylation is 2. The van der Waals surface area contributed by atoms with E-state index in [1.54, 1.807) is 0 Å². The second kappa shape index (κ2) is 9.75. The van der Waals surface area contributed by atoms with Gasteiger partial charge in [0.15, 0.2) is 62.7 Å². The molecule has 0 fully saturated rings. The second-order valence-electron chi connectivity index (χ2n) is 8.84. The van der Waals surface area contributed by atoms with Gasteiger partial charge in [0.1, 0.15) is 14.1 Å². The fourth-order valence-corrected chi connectivity index (χ4v) is 4.15. The Bertz CT molecular complexity index is 1270. The molecule has 4 heteroatoms. The van der Waals surface area contributed by atoms with Crippen LogP contribution in [-0.2, 0) is 27.2 Å². The number of benzene rings is 1. The van der Waals surface area contributed by atoms with Crippen molar-refractivity contribution in [2.45, 2.75) is 13.1 Å². The Hall–Kier alpha value is -4.18. The highest BCUT2D eigenvalue weighted by Crippen LogP contribution is 2.17. The van der Waals surface area contributed by atoms with E-state index < -0.39 is 0 Å². The van der Waals surface area contributed by atoms with E-state index in [0.29, 0.717) is 0 Å². The molecule has 5 aromatic rings. The van der Waals surface area contributed by atoms with Gasteiger partial charge in [-0.2, -0.15) is 0 Å². The maximum absolute atomic E-state index is 2.30. The maximum atomic E-state index is 2.30. The van der Waals surface area contributed by atoms with E-state index in [1.165, 1.54) is 33.4 Å². The fraction of sp³-hybridized carbons (Fsp3) is 0.133. The molecular formula is C30H30N4+4. The van der Waals surface area contributed by atoms with E-state index in [9.17, 15) is 0 Å². The monoisotopic (exact) mass is 446 g/mol. The van der Waals surface area contributed by atoms with Crippen molar-refractivity contribution in [3.05, 3.63) is 133 Å². The lowest BCUT2D eigenvalue weighted by Crippen LogP contribution is -2.34. The standard InChI is InChI=1S/C30H30N4/c1-31-14-6-27(7-15-31)29-10-18-33(19-11-29)23-25-4-3-5-26(22-25)24-34-20-12-30(13-21-34)28-8-16-32(2)17-9-28/h3-22H,23-24H2,1-2H3/q+4. The van der Waals surface area contributed by atoms with Gasteiger partial charge in [-0.1, -0.05) is 18.2 Å². The minimum absolute atomic E-state index is 0.854. The molecular weight excluding hydrogens is 416 g/mol. The van der Waals surface area contributed by atoms with Crippen LogP contribution in [-0.4, -0.2) is 0 Å². The van der Waals surface area contributed by atoms with Crippen LogP contribution in [0.4, 0.5) is 0 Å². The summed E-state index contributed by atoms with van der Waals surface area (Å²) in [5.74, 6) is 0. The summed E-state index contributed by atoms with van der Waals surface area (Å²) in [6, 6.07) is 26.2. The summed E-state index contributed by atoms with van der Waals surface area (Å²) in [5, 5.41) is 0. The van der Waals surface area contributed by atoms with Gasteiger partial charge in [0.25, 0.3) is 0 Å². The zero-order valence-electron chi connectivity index (χ0n) is 19.8. The molecule has 0 aliphatic rings. The third-order valence-electron chi connectivity index (χ3n) is 6.13. The lowest BCUT2D eigenvalue weighted by Gasteiger charge is -2.04. The quantitative estimate of drug-likeness (QED) is 0.356. The molecule has 34 heavy (non-hydrogen) atoms. The van der Waals surface area contributed by atoms with Gasteiger partial charge < -0.3 is 0 Å². The summed E-state index contributed by atoms with van der Waals surface area (Å²) in [6.45, 7) is 1.71. The third kappa shape index (κ3) is 5.24. The SMILES string of the molecule is C[n+]1ccc(-c2cc[n+](Cc3cccc(C[n+]4ccc(-c5cc[n+](C)cc5)cc4)c3)cc2)cc1. The molecule has 5 rings (SSSR count). The summed E-state index contributed by atoms with van der Waals surface area (Å²) in [4.78, 5) is 0. The van der Waals surface area contributed by atoms with Crippen LogP contribution in [0.5, 0.6) is 0 Å². The van der Waals surface area contributed by atoms with E-state index >= 15 is 0 Å². The summed E-state index contributed by atoms with van der Waals surface area (Å²) < 4.78 is 8.56. The first-order chi connectivity index (χ1) is 16.6. The highest BCUT2D eigenvalue weighted by molar-refractivity contribution is 5.61. The third-order valence-corrected chi connectivity index (χ3v) is 6.13. The molecule has 4 aromatic heterocycles. The average Bonchev–Trinajstić information content (AvgIpc) is 2.86.